The maximum absolute atomic E-state index is 12.8. The van der Waals surface area contributed by atoms with Crippen LogP contribution in [0.4, 0.5) is 0 Å². The summed E-state index contributed by atoms with van der Waals surface area (Å²) in [7, 11) is 0. The Morgan fingerprint density at radius 2 is 0.661 bits per heavy atom. The highest BCUT2D eigenvalue weighted by Gasteiger charge is 2.68. The molecule has 0 bridgehead atoms. The molecule has 0 aliphatic heterocycles. The summed E-state index contributed by atoms with van der Waals surface area (Å²) in [6.45, 7) is 14.7. The summed E-state index contributed by atoms with van der Waals surface area (Å²) < 4.78 is 32.8. The third-order valence-electron chi connectivity index (χ3n) is 13.2. The average Bonchev–Trinajstić information content (AvgIpc) is 3.92. The molecular weight excluding hydrogens is 816 g/mol. The van der Waals surface area contributed by atoms with Gasteiger partial charge < -0.3 is 48.2 Å². The van der Waals surface area contributed by atoms with E-state index in [0.29, 0.717) is 51.4 Å². The molecule has 0 amide bonds. The number of rotatable bonds is 12. The van der Waals surface area contributed by atoms with E-state index in [4.69, 9.17) is 48.2 Å². The van der Waals surface area contributed by atoms with E-state index < -0.39 is 81.9 Å². The molecule has 4 saturated carbocycles. The number of ether oxygens (including phenoxy) is 4. The molecule has 0 aromatic carbocycles. The Morgan fingerprint density at radius 1 is 0.419 bits per heavy atom. The van der Waals surface area contributed by atoms with Crippen molar-refractivity contribution in [3.63, 3.8) is 0 Å². The van der Waals surface area contributed by atoms with Gasteiger partial charge in [0.2, 0.25) is 23.0 Å². The minimum atomic E-state index is -1.31. The molecule has 6 rings (SSSR count). The molecule has 0 atom stereocenters. The summed E-state index contributed by atoms with van der Waals surface area (Å²) in [5, 5.41) is 36.1. The first-order valence-electron chi connectivity index (χ1n) is 20.7. The van der Waals surface area contributed by atoms with Crippen LogP contribution in [0, 0.1) is 45.3 Å². The van der Waals surface area contributed by atoms with Gasteiger partial charge in [0.15, 0.2) is 0 Å². The zero-order chi connectivity index (χ0) is 46.3. The lowest BCUT2D eigenvalue weighted by Gasteiger charge is -2.61. The van der Waals surface area contributed by atoms with Crippen LogP contribution in [0.1, 0.15) is 149 Å². The summed E-state index contributed by atoms with van der Waals surface area (Å²) in [6.07, 6.45) is 1.80. The Balaban J connectivity index is 0.000000235. The first-order chi connectivity index (χ1) is 28.7. The molecule has 4 aliphatic rings. The van der Waals surface area contributed by atoms with Crippen LogP contribution in [0.5, 0.6) is 0 Å². The molecule has 0 spiro atoms. The summed E-state index contributed by atoms with van der Waals surface area (Å²) in [6, 6.07) is 4.71. The number of aromatic carboxylic acids is 2. The van der Waals surface area contributed by atoms with Gasteiger partial charge in [-0.25, -0.2) is 19.2 Å². The van der Waals surface area contributed by atoms with E-state index in [2.05, 4.69) is 0 Å². The molecule has 62 heavy (non-hydrogen) atoms. The predicted octanol–water partition coefficient (Wildman–Crippen LogP) is 6.74. The second-order valence-electron chi connectivity index (χ2n) is 19.2. The van der Waals surface area contributed by atoms with Gasteiger partial charge in [-0.05, 0) is 75.6 Å². The minimum absolute atomic E-state index is 0.253. The van der Waals surface area contributed by atoms with Gasteiger partial charge in [0, 0.05) is 21.7 Å². The summed E-state index contributed by atoms with van der Waals surface area (Å²) in [5.74, 6) is -9.13. The van der Waals surface area contributed by atoms with Gasteiger partial charge in [0.1, 0.15) is 24.4 Å². The first kappa shape index (κ1) is 47.4. The van der Waals surface area contributed by atoms with Gasteiger partial charge in [-0.1, -0.05) is 55.4 Å². The van der Waals surface area contributed by atoms with Crippen molar-refractivity contribution in [2.45, 2.75) is 131 Å². The Hall–Kier alpha value is -5.68. The quantitative estimate of drug-likeness (QED) is 0.127. The number of aliphatic carboxylic acids is 2. The van der Waals surface area contributed by atoms with E-state index in [1.165, 1.54) is 12.1 Å². The molecule has 4 N–H and O–H groups in total. The monoisotopic (exact) mass is 872 g/mol. The average molecular weight is 873 g/mol. The van der Waals surface area contributed by atoms with Crippen LogP contribution < -0.4 is 0 Å². The number of carbonyl (C=O) groups is 8. The highest BCUT2D eigenvalue weighted by atomic mass is 16.6. The van der Waals surface area contributed by atoms with Gasteiger partial charge in [0.05, 0.1) is 23.7 Å². The van der Waals surface area contributed by atoms with E-state index in [0.717, 1.165) is 12.1 Å². The lowest BCUT2D eigenvalue weighted by molar-refractivity contribution is -0.271. The molecular formula is C44H56O18. The fourth-order valence-electron chi connectivity index (χ4n) is 10.4. The molecule has 2 aromatic heterocycles. The van der Waals surface area contributed by atoms with Crippen molar-refractivity contribution in [3.8, 4) is 0 Å². The Kier molecular flexibility index (Phi) is 13.4. The number of carboxylic acid groups (broad SMARTS) is 4. The Bertz CT molecular complexity index is 1900. The molecule has 0 unspecified atom stereocenters. The highest BCUT2D eigenvalue weighted by molar-refractivity contribution is 5.91. The second kappa shape index (κ2) is 17.6. The van der Waals surface area contributed by atoms with Crippen LogP contribution in [0.25, 0.3) is 0 Å². The third kappa shape index (κ3) is 9.38. The maximum Gasteiger partial charge on any atom is 0.374 e. The SMILES string of the molecule is CC1(C)C(OC(=O)C2CCC(C(=O)O)CC2)C(C)(C)C1OC(=O)C1CCC(C(=O)O)CC1.CC1(C)C(OC(=O)c2ccc(C(=O)O)o2)C(C)(C)C1OC(=O)c1ccc(C(=O)O)o1. The van der Waals surface area contributed by atoms with E-state index >= 15 is 0 Å². The number of hydrogen-bond donors (Lipinski definition) is 4. The van der Waals surface area contributed by atoms with Crippen LogP contribution >= 0.6 is 0 Å². The number of esters is 4. The fraction of sp³-hybridized carbons (Fsp3) is 0.636. The smallest absolute Gasteiger partial charge is 0.374 e. The normalized spacial score (nSPS) is 28.8. The van der Waals surface area contributed by atoms with Crippen molar-refractivity contribution in [3.05, 3.63) is 47.3 Å². The lowest BCUT2D eigenvalue weighted by atomic mass is 9.50. The number of hydrogen-bond acceptors (Lipinski definition) is 14. The molecule has 2 heterocycles. The number of carboxylic acids is 4. The Morgan fingerprint density at radius 3 is 0.903 bits per heavy atom. The van der Waals surface area contributed by atoms with Gasteiger partial charge in [-0.2, -0.15) is 0 Å². The zero-order valence-corrected chi connectivity index (χ0v) is 36.1. The van der Waals surface area contributed by atoms with Crippen molar-refractivity contribution in [2.24, 2.45) is 45.3 Å². The third-order valence-corrected chi connectivity index (χ3v) is 13.2. The second-order valence-corrected chi connectivity index (χ2v) is 19.2. The fourth-order valence-corrected chi connectivity index (χ4v) is 10.4. The summed E-state index contributed by atoms with van der Waals surface area (Å²) in [5.41, 5.74) is -2.69. The van der Waals surface area contributed by atoms with Gasteiger partial charge in [-0.3, -0.25) is 19.2 Å². The van der Waals surface area contributed by atoms with E-state index in [9.17, 15) is 38.4 Å². The standard InChI is InChI=1S/C24H36O8.C20H20O10/c1-23(2)21(31-19(29)15-9-5-13(6-10-15)17(25)26)24(3,4)22(23)32-20(30)16-11-7-14(8-12-16)18(27)28;1-19(2)17(29-15(25)11-7-5-9(27-11)13(21)22)20(3,4)18(19)30-16(26)12-8-6-10(28-12)14(23)24/h13-16,21-22H,5-12H2,1-4H3,(H,25,26)(H,27,28);5-8,17-18H,1-4H3,(H,21,22)(H,23,24). The molecule has 18 nitrogen and oxygen atoms in total. The van der Waals surface area contributed by atoms with E-state index in [1.54, 1.807) is 27.7 Å². The lowest BCUT2D eigenvalue weighted by Crippen LogP contribution is -2.70. The minimum Gasteiger partial charge on any atom is -0.481 e. The number of carbonyl (C=O) groups excluding carboxylic acids is 4. The van der Waals surface area contributed by atoms with E-state index in [-0.39, 0.29) is 58.7 Å². The molecule has 2 aromatic rings. The van der Waals surface area contributed by atoms with Crippen LogP contribution in [-0.4, -0.2) is 92.6 Å². The Labute approximate surface area is 357 Å². The van der Waals surface area contributed by atoms with Crippen molar-refractivity contribution in [1.29, 1.82) is 0 Å². The van der Waals surface area contributed by atoms with Crippen LogP contribution in [0.2, 0.25) is 0 Å². The van der Waals surface area contributed by atoms with Crippen LogP contribution in [0.15, 0.2) is 33.1 Å². The van der Waals surface area contributed by atoms with Crippen molar-refractivity contribution in [1.82, 2.24) is 0 Å². The van der Waals surface area contributed by atoms with E-state index in [1.807, 2.05) is 27.7 Å². The maximum atomic E-state index is 12.8. The summed E-state index contributed by atoms with van der Waals surface area (Å²) >= 11 is 0. The van der Waals surface area contributed by atoms with Gasteiger partial charge in [-0.15, -0.1) is 0 Å². The first-order valence-corrected chi connectivity index (χ1v) is 20.7. The molecule has 340 valence electrons. The van der Waals surface area contributed by atoms with Gasteiger partial charge >= 0.3 is 47.8 Å². The van der Waals surface area contributed by atoms with Crippen LogP contribution in [0.3, 0.4) is 0 Å². The van der Waals surface area contributed by atoms with Gasteiger partial charge in [0.25, 0.3) is 0 Å². The van der Waals surface area contributed by atoms with Crippen molar-refractivity contribution < 1.29 is 86.6 Å². The topological polar surface area (TPSA) is 281 Å². The van der Waals surface area contributed by atoms with Crippen molar-refractivity contribution >= 4 is 47.8 Å². The molecule has 0 radical (unpaired) electrons. The zero-order valence-electron chi connectivity index (χ0n) is 36.1. The number of furan rings is 2. The summed E-state index contributed by atoms with van der Waals surface area (Å²) in [4.78, 5) is 94.4. The molecule has 18 heteroatoms. The highest BCUT2D eigenvalue weighted by Crippen LogP contribution is 2.59. The molecule has 4 aliphatic carbocycles. The molecule has 0 saturated heterocycles. The van der Waals surface area contributed by atoms with Crippen molar-refractivity contribution in [2.75, 3.05) is 0 Å². The largest absolute Gasteiger partial charge is 0.481 e. The predicted molar refractivity (Wildman–Crippen MR) is 211 cm³/mol. The molecule has 4 fully saturated rings. The van der Waals surface area contributed by atoms with Crippen LogP contribution in [-0.2, 0) is 38.1 Å².